The molecule has 0 N–H and O–H groups in total. The SMILES string of the molecule is COc1ccc(CCC(=O)N2CCCN(C(=O)C=Cc3ccc(Cl)c(C(F)(F)F)c3)CC2)cc1. The van der Waals surface area contributed by atoms with Crippen LogP contribution in [0.5, 0.6) is 5.75 Å². The zero-order valence-corrected chi connectivity index (χ0v) is 19.5. The molecule has 1 saturated heterocycles. The molecular weight excluding hydrogens is 469 g/mol. The normalized spacial score (nSPS) is 14.9. The summed E-state index contributed by atoms with van der Waals surface area (Å²) in [6.45, 7) is 1.81. The molecule has 1 fully saturated rings. The van der Waals surface area contributed by atoms with E-state index in [0.29, 0.717) is 45.4 Å². The molecule has 0 aromatic heterocycles. The lowest BCUT2D eigenvalue weighted by Gasteiger charge is -2.21. The number of amides is 2. The van der Waals surface area contributed by atoms with E-state index in [-0.39, 0.29) is 22.4 Å². The Morgan fingerprint density at radius 1 is 1.03 bits per heavy atom. The number of rotatable bonds is 6. The maximum atomic E-state index is 13.0. The predicted molar refractivity (Wildman–Crippen MR) is 125 cm³/mol. The van der Waals surface area contributed by atoms with Crippen molar-refractivity contribution in [2.75, 3.05) is 33.3 Å². The van der Waals surface area contributed by atoms with E-state index in [9.17, 15) is 22.8 Å². The standard InChI is InChI=1S/C25H26ClF3N2O3/c1-34-20-8-3-18(4-9-20)6-11-23(32)30-13-2-14-31(16-15-30)24(33)12-7-19-5-10-22(26)21(17-19)25(27,28)29/h3-5,7-10,12,17H,2,6,11,13-16H2,1H3. The van der Waals surface area contributed by atoms with Gasteiger partial charge in [-0.15, -0.1) is 0 Å². The lowest BCUT2D eigenvalue weighted by Crippen LogP contribution is -2.36. The van der Waals surface area contributed by atoms with Gasteiger partial charge in [0.1, 0.15) is 5.75 Å². The highest BCUT2D eigenvalue weighted by atomic mass is 35.5. The second-order valence-corrected chi connectivity index (χ2v) is 8.39. The van der Waals surface area contributed by atoms with Crippen molar-refractivity contribution in [1.82, 2.24) is 9.80 Å². The quantitative estimate of drug-likeness (QED) is 0.527. The number of hydrogen-bond acceptors (Lipinski definition) is 3. The van der Waals surface area contributed by atoms with Crippen LogP contribution in [0.3, 0.4) is 0 Å². The Bertz CT molecular complexity index is 1040. The molecule has 2 amide bonds. The molecule has 0 saturated carbocycles. The van der Waals surface area contributed by atoms with Crippen LogP contribution in [-0.4, -0.2) is 54.9 Å². The number of carbonyl (C=O) groups excluding carboxylic acids is 2. The van der Waals surface area contributed by atoms with Crippen molar-refractivity contribution in [2.24, 2.45) is 0 Å². The highest BCUT2D eigenvalue weighted by Gasteiger charge is 2.33. The number of carbonyl (C=O) groups is 2. The number of ether oxygens (including phenoxy) is 1. The zero-order chi connectivity index (χ0) is 24.7. The molecular formula is C25H26ClF3N2O3. The van der Waals surface area contributed by atoms with E-state index in [1.807, 2.05) is 24.3 Å². The number of hydrogen-bond donors (Lipinski definition) is 0. The molecule has 9 heteroatoms. The molecule has 0 aliphatic carbocycles. The maximum Gasteiger partial charge on any atom is 0.417 e. The zero-order valence-electron chi connectivity index (χ0n) is 18.8. The minimum Gasteiger partial charge on any atom is -0.497 e. The van der Waals surface area contributed by atoms with E-state index in [1.54, 1.807) is 16.9 Å². The van der Waals surface area contributed by atoms with Crippen molar-refractivity contribution < 1.29 is 27.5 Å². The van der Waals surface area contributed by atoms with Crippen LogP contribution in [0.25, 0.3) is 6.08 Å². The van der Waals surface area contributed by atoms with Gasteiger partial charge in [-0.2, -0.15) is 13.2 Å². The maximum absolute atomic E-state index is 13.0. The minimum atomic E-state index is -4.57. The van der Waals surface area contributed by atoms with E-state index in [1.165, 1.54) is 18.2 Å². The Morgan fingerprint density at radius 2 is 1.71 bits per heavy atom. The van der Waals surface area contributed by atoms with Crippen LogP contribution < -0.4 is 4.74 Å². The molecule has 0 radical (unpaired) electrons. The Kier molecular flexibility index (Phi) is 8.61. The van der Waals surface area contributed by atoms with Crippen molar-refractivity contribution in [2.45, 2.75) is 25.4 Å². The molecule has 2 aromatic rings. The number of alkyl halides is 3. The fourth-order valence-corrected chi connectivity index (χ4v) is 3.95. The third kappa shape index (κ3) is 7.00. The second-order valence-electron chi connectivity index (χ2n) is 7.98. The summed E-state index contributed by atoms with van der Waals surface area (Å²) in [6.07, 6.45) is -0.350. The summed E-state index contributed by atoms with van der Waals surface area (Å²) >= 11 is 5.64. The van der Waals surface area contributed by atoms with Crippen LogP contribution in [0.2, 0.25) is 5.02 Å². The van der Waals surface area contributed by atoms with Gasteiger partial charge in [0, 0.05) is 38.7 Å². The van der Waals surface area contributed by atoms with Crippen LogP contribution in [-0.2, 0) is 22.2 Å². The summed E-state index contributed by atoms with van der Waals surface area (Å²) in [5, 5.41) is -0.389. The summed E-state index contributed by atoms with van der Waals surface area (Å²) in [5.74, 6) is 0.482. The van der Waals surface area contributed by atoms with Crippen molar-refractivity contribution in [3.8, 4) is 5.75 Å². The Balaban J connectivity index is 1.53. The molecule has 0 spiro atoms. The number of benzene rings is 2. The van der Waals surface area contributed by atoms with Crippen LogP contribution in [0.4, 0.5) is 13.2 Å². The number of nitrogens with zero attached hydrogens (tertiary/aromatic N) is 2. The first-order valence-electron chi connectivity index (χ1n) is 10.9. The molecule has 5 nitrogen and oxygen atoms in total. The van der Waals surface area contributed by atoms with Gasteiger partial charge in [0.2, 0.25) is 11.8 Å². The monoisotopic (exact) mass is 494 g/mol. The van der Waals surface area contributed by atoms with Crippen LogP contribution in [0.1, 0.15) is 29.5 Å². The second kappa shape index (κ2) is 11.4. The molecule has 34 heavy (non-hydrogen) atoms. The van der Waals surface area contributed by atoms with E-state index in [0.717, 1.165) is 23.4 Å². The fourth-order valence-electron chi connectivity index (χ4n) is 3.73. The third-order valence-corrected chi connectivity index (χ3v) is 5.99. The summed E-state index contributed by atoms with van der Waals surface area (Å²) in [6, 6.07) is 11.1. The molecule has 1 aliphatic heterocycles. The van der Waals surface area contributed by atoms with Crippen molar-refractivity contribution >= 4 is 29.5 Å². The minimum absolute atomic E-state index is 0.0292. The molecule has 0 unspecified atom stereocenters. The highest BCUT2D eigenvalue weighted by Crippen LogP contribution is 2.35. The summed E-state index contributed by atoms with van der Waals surface area (Å²) in [4.78, 5) is 28.6. The molecule has 0 bridgehead atoms. The Labute approximate surface area is 201 Å². The van der Waals surface area contributed by atoms with E-state index in [4.69, 9.17) is 16.3 Å². The van der Waals surface area contributed by atoms with Gasteiger partial charge >= 0.3 is 6.18 Å². The van der Waals surface area contributed by atoms with Gasteiger partial charge in [-0.3, -0.25) is 9.59 Å². The van der Waals surface area contributed by atoms with Crippen molar-refractivity contribution in [3.05, 3.63) is 70.3 Å². The van der Waals surface area contributed by atoms with Crippen molar-refractivity contribution in [3.63, 3.8) is 0 Å². The predicted octanol–water partition coefficient (Wildman–Crippen LogP) is 5.07. The number of halogens is 4. The lowest BCUT2D eigenvalue weighted by atomic mass is 10.1. The lowest BCUT2D eigenvalue weighted by molar-refractivity contribution is -0.137. The molecule has 1 aliphatic rings. The summed E-state index contributed by atoms with van der Waals surface area (Å²) < 4.78 is 44.2. The van der Waals surface area contributed by atoms with Crippen LogP contribution in [0, 0.1) is 0 Å². The largest absolute Gasteiger partial charge is 0.497 e. The molecule has 182 valence electrons. The fraction of sp³-hybridized carbons (Fsp3) is 0.360. The highest BCUT2D eigenvalue weighted by molar-refractivity contribution is 6.31. The summed E-state index contributed by atoms with van der Waals surface area (Å²) in [5.41, 5.74) is 0.333. The molecule has 2 aromatic carbocycles. The van der Waals surface area contributed by atoms with Crippen LogP contribution >= 0.6 is 11.6 Å². The van der Waals surface area contributed by atoms with Crippen LogP contribution in [0.15, 0.2) is 48.5 Å². The smallest absolute Gasteiger partial charge is 0.417 e. The topological polar surface area (TPSA) is 49.9 Å². The number of methoxy groups -OCH3 is 1. The molecule has 3 rings (SSSR count). The molecule has 1 heterocycles. The van der Waals surface area contributed by atoms with Crippen molar-refractivity contribution in [1.29, 1.82) is 0 Å². The number of aryl methyl sites for hydroxylation is 1. The first kappa shape index (κ1) is 25.6. The van der Waals surface area contributed by atoms with Gasteiger partial charge in [-0.1, -0.05) is 29.8 Å². The van der Waals surface area contributed by atoms with Gasteiger partial charge in [0.15, 0.2) is 0 Å². The Hall–Kier alpha value is -3.00. The Morgan fingerprint density at radius 3 is 2.38 bits per heavy atom. The van der Waals surface area contributed by atoms with E-state index >= 15 is 0 Å². The first-order chi connectivity index (χ1) is 16.2. The first-order valence-corrected chi connectivity index (χ1v) is 11.3. The van der Waals surface area contributed by atoms with Gasteiger partial charge in [0.05, 0.1) is 17.7 Å². The third-order valence-electron chi connectivity index (χ3n) is 5.66. The van der Waals surface area contributed by atoms with Gasteiger partial charge < -0.3 is 14.5 Å². The van der Waals surface area contributed by atoms with Gasteiger partial charge in [0.25, 0.3) is 0 Å². The van der Waals surface area contributed by atoms with E-state index < -0.39 is 11.7 Å². The average molecular weight is 495 g/mol. The van der Waals surface area contributed by atoms with E-state index in [2.05, 4.69) is 0 Å². The van der Waals surface area contributed by atoms with Gasteiger partial charge in [-0.25, -0.2) is 0 Å². The molecule has 0 atom stereocenters. The summed E-state index contributed by atoms with van der Waals surface area (Å²) in [7, 11) is 1.60. The van der Waals surface area contributed by atoms with Gasteiger partial charge in [-0.05, 0) is 54.3 Å². The average Bonchev–Trinajstić information content (AvgIpc) is 3.08.